The SMILES string of the molecule is CN=C(NCC(c1cccs1)N1CCC(C)CC1)NC1CCN(CC(F)(F)F)C1. The molecule has 0 spiro atoms. The number of likely N-dealkylation sites (tertiary alicyclic amines) is 2. The van der Waals surface area contributed by atoms with Crippen molar-refractivity contribution in [2.75, 3.05) is 46.3 Å². The molecule has 3 rings (SSSR count). The molecule has 0 amide bonds. The minimum Gasteiger partial charge on any atom is -0.354 e. The summed E-state index contributed by atoms with van der Waals surface area (Å²) in [7, 11) is 1.71. The second-order valence-corrected chi connectivity index (χ2v) is 9.16. The molecule has 0 bridgehead atoms. The first kappa shape index (κ1) is 22.4. The van der Waals surface area contributed by atoms with Gasteiger partial charge < -0.3 is 10.6 Å². The van der Waals surface area contributed by atoms with Gasteiger partial charge in [0.1, 0.15) is 0 Å². The predicted molar refractivity (Wildman–Crippen MR) is 112 cm³/mol. The van der Waals surface area contributed by atoms with Gasteiger partial charge in [0.2, 0.25) is 0 Å². The highest BCUT2D eigenvalue weighted by atomic mass is 32.1. The Morgan fingerprint density at radius 1 is 1.28 bits per heavy atom. The van der Waals surface area contributed by atoms with Crippen LogP contribution < -0.4 is 10.6 Å². The number of nitrogens with one attached hydrogen (secondary N) is 2. The van der Waals surface area contributed by atoms with Crippen LogP contribution in [0, 0.1) is 5.92 Å². The van der Waals surface area contributed by atoms with Gasteiger partial charge in [-0.25, -0.2) is 0 Å². The maximum atomic E-state index is 12.6. The van der Waals surface area contributed by atoms with Crippen molar-refractivity contribution in [3.8, 4) is 0 Å². The highest BCUT2D eigenvalue weighted by Crippen LogP contribution is 2.29. The van der Waals surface area contributed by atoms with Crippen LogP contribution in [0.3, 0.4) is 0 Å². The second-order valence-electron chi connectivity index (χ2n) is 8.18. The van der Waals surface area contributed by atoms with Gasteiger partial charge in [-0.05, 0) is 49.7 Å². The molecule has 2 aliphatic rings. The van der Waals surface area contributed by atoms with Gasteiger partial charge in [-0.1, -0.05) is 13.0 Å². The van der Waals surface area contributed by atoms with Crippen molar-refractivity contribution < 1.29 is 13.2 Å². The van der Waals surface area contributed by atoms with Crippen LogP contribution in [0.5, 0.6) is 0 Å². The lowest BCUT2D eigenvalue weighted by molar-refractivity contribution is -0.143. The summed E-state index contributed by atoms with van der Waals surface area (Å²) in [5.41, 5.74) is 0. The van der Waals surface area contributed by atoms with Crippen LogP contribution in [0.15, 0.2) is 22.5 Å². The third kappa shape index (κ3) is 6.86. The number of halogens is 3. The van der Waals surface area contributed by atoms with E-state index in [-0.39, 0.29) is 12.1 Å². The summed E-state index contributed by atoms with van der Waals surface area (Å²) in [6.45, 7) is 5.22. The number of alkyl halides is 3. The lowest BCUT2D eigenvalue weighted by atomic mass is 9.97. The number of hydrogen-bond donors (Lipinski definition) is 2. The number of hydrogen-bond acceptors (Lipinski definition) is 4. The summed E-state index contributed by atoms with van der Waals surface area (Å²) in [4.78, 5) is 9.62. The van der Waals surface area contributed by atoms with E-state index >= 15 is 0 Å². The number of thiophene rings is 1. The van der Waals surface area contributed by atoms with E-state index in [1.165, 1.54) is 22.6 Å². The molecule has 2 fully saturated rings. The molecule has 0 aromatic carbocycles. The Balaban J connectivity index is 1.53. The van der Waals surface area contributed by atoms with Crippen molar-refractivity contribution in [3.05, 3.63) is 22.4 Å². The third-order valence-electron chi connectivity index (χ3n) is 5.83. The first-order chi connectivity index (χ1) is 13.8. The average molecular weight is 432 g/mol. The molecule has 1 aromatic rings. The van der Waals surface area contributed by atoms with Crippen LogP contribution >= 0.6 is 11.3 Å². The summed E-state index contributed by atoms with van der Waals surface area (Å²) in [6.07, 6.45) is -1.03. The predicted octanol–water partition coefficient (Wildman–Crippen LogP) is 3.32. The van der Waals surface area contributed by atoms with Gasteiger partial charge in [0.25, 0.3) is 0 Å². The molecular weight excluding hydrogens is 399 g/mol. The van der Waals surface area contributed by atoms with Gasteiger partial charge >= 0.3 is 6.18 Å². The standard InChI is InChI=1S/C20H32F3N5S/c1-15-5-9-28(10-6-15)17(18-4-3-11-29-18)12-25-19(24-2)26-16-7-8-27(13-16)14-20(21,22)23/h3-4,11,15-17H,5-10,12-14H2,1-2H3,(H2,24,25,26). The Morgan fingerprint density at radius 3 is 2.66 bits per heavy atom. The molecule has 0 saturated carbocycles. The Hall–Kier alpha value is -1.32. The van der Waals surface area contributed by atoms with Crippen molar-refractivity contribution >= 4 is 17.3 Å². The zero-order chi connectivity index (χ0) is 20.9. The first-order valence-electron chi connectivity index (χ1n) is 10.4. The Morgan fingerprint density at radius 2 is 2.03 bits per heavy atom. The molecule has 1 aromatic heterocycles. The fourth-order valence-corrected chi connectivity index (χ4v) is 5.02. The highest BCUT2D eigenvalue weighted by Gasteiger charge is 2.34. The maximum absolute atomic E-state index is 12.6. The monoisotopic (exact) mass is 431 g/mol. The second kappa shape index (κ2) is 10.1. The normalized spacial score (nSPS) is 24.0. The Labute approximate surface area is 175 Å². The van der Waals surface area contributed by atoms with Gasteiger partial charge in [0.05, 0.1) is 12.6 Å². The summed E-state index contributed by atoms with van der Waals surface area (Å²) in [5.74, 6) is 1.44. The topological polar surface area (TPSA) is 42.9 Å². The van der Waals surface area contributed by atoms with Gasteiger partial charge in [-0.15, -0.1) is 11.3 Å². The quantitative estimate of drug-likeness (QED) is 0.536. The van der Waals surface area contributed by atoms with Crippen molar-refractivity contribution in [2.45, 2.75) is 44.4 Å². The molecule has 2 aliphatic heterocycles. The van der Waals surface area contributed by atoms with Crippen LogP contribution in [0.1, 0.15) is 37.1 Å². The molecule has 2 N–H and O–H groups in total. The van der Waals surface area contributed by atoms with Crippen molar-refractivity contribution in [1.29, 1.82) is 0 Å². The minimum absolute atomic E-state index is 0.0143. The molecule has 0 radical (unpaired) electrons. The van der Waals surface area contributed by atoms with E-state index in [9.17, 15) is 13.2 Å². The molecule has 29 heavy (non-hydrogen) atoms. The summed E-state index contributed by atoms with van der Waals surface area (Å²) in [6, 6.07) is 4.53. The van der Waals surface area contributed by atoms with E-state index in [1.807, 2.05) is 0 Å². The van der Waals surface area contributed by atoms with Crippen LogP contribution in [0.2, 0.25) is 0 Å². The van der Waals surface area contributed by atoms with Crippen molar-refractivity contribution in [1.82, 2.24) is 20.4 Å². The highest BCUT2D eigenvalue weighted by molar-refractivity contribution is 7.10. The third-order valence-corrected chi connectivity index (χ3v) is 6.81. The number of nitrogens with zero attached hydrogens (tertiary/aromatic N) is 3. The number of guanidine groups is 1. The van der Waals surface area contributed by atoms with E-state index in [2.05, 4.69) is 45.0 Å². The van der Waals surface area contributed by atoms with Crippen LogP contribution in [0.4, 0.5) is 13.2 Å². The van der Waals surface area contributed by atoms with E-state index in [0.29, 0.717) is 25.5 Å². The molecule has 2 atom stereocenters. The molecule has 5 nitrogen and oxygen atoms in total. The molecule has 3 heterocycles. The maximum Gasteiger partial charge on any atom is 0.401 e. The van der Waals surface area contributed by atoms with E-state index in [4.69, 9.17) is 0 Å². The lowest BCUT2D eigenvalue weighted by Crippen LogP contribution is -2.48. The van der Waals surface area contributed by atoms with Gasteiger partial charge in [0.15, 0.2) is 5.96 Å². The van der Waals surface area contributed by atoms with Crippen LogP contribution in [-0.4, -0.2) is 74.3 Å². The smallest absolute Gasteiger partial charge is 0.354 e. The van der Waals surface area contributed by atoms with Crippen LogP contribution in [0.25, 0.3) is 0 Å². The van der Waals surface area contributed by atoms with E-state index in [0.717, 1.165) is 25.6 Å². The number of rotatable bonds is 6. The Bertz CT molecular complexity index is 641. The van der Waals surface area contributed by atoms with Gasteiger partial charge in [0, 0.05) is 37.6 Å². The lowest BCUT2D eigenvalue weighted by Gasteiger charge is -2.36. The van der Waals surface area contributed by atoms with Crippen LogP contribution in [-0.2, 0) is 0 Å². The summed E-state index contributed by atoms with van der Waals surface area (Å²) < 4.78 is 37.8. The van der Waals surface area contributed by atoms with Gasteiger partial charge in [-0.2, -0.15) is 13.2 Å². The van der Waals surface area contributed by atoms with E-state index in [1.54, 1.807) is 18.4 Å². The fourth-order valence-electron chi connectivity index (χ4n) is 4.16. The molecule has 164 valence electrons. The van der Waals surface area contributed by atoms with E-state index < -0.39 is 12.7 Å². The molecule has 0 aliphatic carbocycles. The molecular formula is C20H32F3N5S. The van der Waals surface area contributed by atoms with Crippen molar-refractivity contribution in [2.24, 2.45) is 10.9 Å². The fraction of sp³-hybridized carbons (Fsp3) is 0.750. The molecule has 2 unspecified atom stereocenters. The summed E-state index contributed by atoms with van der Waals surface area (Å²) in [5, 5.41) is 8.83. The number of aliphatic imine (C=N–C) groups is 1. The minimum atomic E-state index is -4.14. The molecule has 2 saturated heterocycles. The zero-order valence-electron chi connectivity index (χ0n) is 17.2. The molecule has 9 heteroatoms. The first-order valence-corrected chi connectivity index (χ1v) is 11.3. The Kier molecular flexibility index (Phi) is 7.81. The number of piperidine rings is 1. The summed E-state index contributed by atoms with van der Waals surface area (Å²) >= 11 is 1.77. The average Bonchev–Trinajstić information content (AvgIpc) is 3.33. The van der Waals surface area contributed by atoms with Gasteiger partial charge in [-0.3, -0.25) is 14.8 Å². The zero-order valence-corrected chi connectivity index (χ0v) is 18.0. The largest absolute Gasteiger partial charge is 0.401 e. The van der Waals surface area contributed by atoms with Crippen molar-refractivity contribution in [3.63, 3.8) is 0 Å².